The third-order valence-corrected chi connectivity index (χ3v) is 1.12. The predicted octanol–water partition coefficient (Wildman–Crippen LogP) is 1.93. The first-order valence-corrected chi connectivity index (χ1v) is 3.27. The van der Waals surface area contributed by atoms with Gasteiger partial charge in [0, 0.05) is 6.04 Å². The first-order valence-electron chi connectivity index (χ1n) is 3.27. The van der Waals surface area contributed by atoms with Gasteiger partial charge in [-0.05, 0) is 18.8 Å². The van der Waals surface area contributed by atoms with E-state index in [1.54, 1.807) is 0 Å². The number of hydrogen-bond acceptors (Lipinski definition) is 1. The van der Waals surface area contributed by atoms with Crippen LogP contribution in [0.4, 0.5) is 0 Å². The van der Waals surface area contributed by atoms with E-state index in [0.29, 0.717) is 0 Å². The molecule has 0 spiro atoms. The molecule has 0 fully saturated rings. The molecule has 2 N–H and O–H groups in total. The van der Waals surface area contributed by atoms with Gasteiger partial charge in [-0.25, -0.2) is 0 Å². The van der Waals surface area contributed by atoms with E-state index in [4.69, 9.17) is 5.73 Å². The van der Waals surface area contributed by atoms with Gasteiger partial charge < -0.3 is 5.73 Å². The van der Waals surface area contributed by atoms with Crippen LogP contribution in [0.25, 0.3) is 0 Å². The van der Waals surface area contributed by atoms with Gasteiger partial charge >= 0.3 is 0 Å². The quantitative estimate of drug-likeness (QED) is 0.596. The number of nitrogens with two attached hydrogens (primary N) is 1. The smallest absolute Gasteiger partial charge is 0.0336 e. The summed E-state index contributed by atoms with van der Waals surface area (Å²) < 4.78 is 0. The zero-order valence-electron chi connectivity index (χ0n) is 6.07. The lowest BCUT2D eigenvalue weighted by Crippen LogP contribution is -2.10. The van der Waals surface area contributed by atoms with Gasteiger partial charge in [-0.2, -0.15) is 0 Å². The topological polar surface area (TPSA) is 26.0 Å². The maximum absolute atomic E-state index is 5.59. The lowest BCUT2D eigenvalue weighted by atomic mass is 10.0. The van der Waals surface area contributed by atoms with Crippen LogP contribution in [0.1, 0.15) is 33.6 Å². The Kier molecular flexibility index (Phi) is 3.88. The predicted molar refractivity (Wildman–Crippen MR) is 37.2 cm³/mol. The van der Waals surface area contributed by atoms with Crippen LogP contribution >= 0.6 is 0 Å². The van der Waals surface area contributed by atoms with Gasteiger partial charge in [0.15, 0.2) is 0 Å². The summed E-state index contributed by atoms with van der Waals surface area (Å²) in [7, 11) is 0. The van der Waals surface area contributed by atoms with Crippen LogP contribution in [0.15, 0.2) is 0 Å². The molecule has 0 saturated carbocycles. The Morgan fingerprint density at radius 2 is 2.00 bits per heavy atom. The Balaban J connectivity index is 3.10. The molecule has 49 valence electrons. The van der Waals surface area contributed by atoms with Gasteiger partial charge in [-0.3, -0.25) is 0 Å². The minimum atomic E-state index is 0.718. The Hall–Kier alpha value is -0.0400. The lowest BCUT2D eigenvalue weighted by Gasteiger charge is -2.08. The standard InChI is InChI=1S/C7H16N/c1-4-7(8)5-6(2)3/h6H,4-5,8H2,1-3H3. The highest BCUT2D eigenvalue weighted by molar-refractivity contribution is 4.80. The third-order valence-electron chi connectivity index (χ3n) is 1.12. The fraction of sp³-hybridized carbons (Fsp3) is 0.857. The van der Waals surface area contributed by atoms with Crippen molar-refractivity contribution in [2.24, 2.45) is 11.7 Å². The van der Waals surface area contributed by atoms with Gasteiger partial charge in [-0.15, -0.1) is 0 Å². The van der Waals surface area contributed by atoms with Crippen molar-refractivity contribution in [2.75, 3.05) is 0 Å². The Morgan fingerprint density at radius 3 is 2.12 bits per heavy atom. The number of rotatable bonds is 3. The van der Waals surface area contributed by atoms with Crippen molar-refractivity contribution in [3.8, 4) is 0 Å². The minimum absolute atomic E-state index is 0.718. The van der Waals surface area contributed by atoms with Crippen molar-refractivity contribution in [1.82, 2.24) is 0 Å². The summed E-state index contributed by atoms with van der Waals surface area (Å²) in [6, 6.07) is 1.12. The van der Waals surface area contributed by atoms with Gasteiger partial charge in [0.05, 0.1) is 0 Å². The highest BCUT2D eigenvalue weighted by atomic mass is 14.6. The molecule has 0 saturated heterocycles. The van der Waals surface area contributed by atoms with Crippen molar-refractivity contribution in [1.29, 1.82) is 0 Å². The van der Waals surface area contributed by atoms with E-state index < -0.39 is 0 Å². The van der Waals surface area contributed by atoms with E-state index in [1.165, 1.54) is 0 Å². The highest BCUT2D eigenvalue weighted by Crippen LogP contribution is 2.10. The van der Waals surface area contributed by atoms with Gasteiger partial charge in [0.25, 0.3) is 0 Å². The second-order valence-corrected chi connectivity index (χ2v) is 2.61. The van der Waals surface area contributed by atoms with Crippen molar-refractivity contribution in [3.63, 3.8) is 0 Å². The van der Waals surface area contributed by atoms with Crippen LogP contribution in [0.5, 0.6) is 0 Å². The van der Waals surface area contributed by atoms with E-state index in [1.807, 2.05) is 0 Å². The molecule has 1 nitrogen and oxygen atoms in total. The normalized spacial score (nSPS) is 11.2. The van der Waals surface area contributed by atoms with Crippen LogP contribution in [0.3, 0.4) is 0 Å². The van der Waals surface area contributed by atoms with E-state index >= 15 is 0 Å². The van der Waals surface area contributed by atoms with Crippen molar-refractivity contribution < 1.29 is 0 Å². The molecule has 1 heteroatoms. The molecular weight excluding hydrogens is 98.1 g/mol. The second kappa shape index (κ2) is 3.90. The summed E-state index contributed by atoms with van der Waals surface area (Å²) in [5.74, 6) is 0.718. The maximum Gasteiger partial charge on any atom is 0.0336 e. The molecule has 0 aromatic carbocycles. The summed E-state index contributed by atoms with van der Waals surface area (Å²) >= 11 is 0. The average Bonchev–Trinajstić information content (AvgIpc) is 1.65. The van der Waals surface area contributed by atoms with Crippen LogP contribution in [0.2, 0.25) is 0 Å². The Labute approximate surface area is 52.3 Å². The Bertz CT molecular complexity index is 50.3. The monoisotopic (exact) mass is 114 g/mol. The van der Waals surface area contributed by atoms with Crippen molar-refractivity contribution in [3.05, 3.63) is 6.04 Å². The van der Waals surface area contributed by atoms with Crippen molar-refractivity contribution in [2.45, 2.75) is 33.6 Å². The third kappa shape index (κ3) is 4.13. The molecule has 0 heterocycles. The maximum atomic E-state index is 5.59. The first-order chi connectivity index (χ1) is 3.66. The van der Waals surface area contributed by atoms with E-state index in [2.05, 4.69) is 20.8 Å². The molecule has 0 bridgehead atoms. The summed E-state index contributed by atoms with van der Waals surface area (Å²) in [5.41, 5.74) is 5.59. The van der Waals surface area contributed by atoms with Gasteiger partial charge in [0.2, 0.25) is 0 Å². The summed E-state index contributed by atoms with van der Waals surface area (Å²) in [6.07, 6.45) is 2.11. The Morgan fingerprint density at radius 1 is 1.50 bits per heavy atom. The van der Waals surface area contributed by atoms with Crippen LogP contribution in [-0.2, 0) is 0 Å². The van der Waals surface area contributed by atoms with E-state index in [9.17, 15) is 0 Å². The first kappa shape index (κ1) is 7.96. The molecule has 0 aliphatic rings. The molecule has 0 rings (SSSR count). The molecule has 0 unspecified atom stereocenters. The fourth-order valence-electron chi connectivity index (χ4n) is 0.669. The van der Waals surface area contributed by atoms with Crippen LogP contribution < -0.4 is 5.73 Å². The summed E-state index contributed by atoms with van der Waals surface area (Å²) in [6.45, 7) is 6.46. The minimum Gasteiger partial charge on any atom is -0.324 e. The molecule has 0 aromatic rings. The van der Waals surface area contributed by atoms with E-state index in [0.717, 1.165) is 24.8 Å². The molecule has 0 aliphatic heterocycles. The van der Waals surface area contributed by atoms with Crippen molar-refractivity contribution >= 4 is 0 Å². The fourth-order valence-corrected chi connectivity index (χ4v) is 0.669. The molecular formula is C7H16N. The molecule has 8 heavy (non-hydrogen) atoms. The highest BCUT2D eigenvalue weighted by Gasteiger charge is 2.01. The molecule has 0 aromatic heterocycles. The van der Waals surface area contributed by atoms with Gasteiger partial charge in [0.1, 0.15) is 0 Å². The van der Waals surface area contributed by atoms with Crippen LogP contribution in [0, 0.1) is 12.0 Å². The zero-order chi connectivity index (χ0) is 6.57. The van der Waals surface area contributed by atoms with Gasteiger partial charge in [-0.1, -0.05) is 20.8 Å². The molecule has 1 radical (unpaired) electrons. The summed E-state index contributed by atoms with van der Waals surface area (Å²) in [4.78, 5) is 0. The SMILES string of the molecule is CC[C](N)CC(C)C. The molecule has 0 aliphatic carbocycles. The average molecular weight is 114 g/mol. The van der Waals surface area contributed by atoms with Crippen LogP contribution in [-0.4, -0.2) is 0 Å². The summed E-state index contributed by atoms with van der Waals surface area (Å²) in [5, 5.41) is 0. The largest absolute Gasteiger partial charge is 0.324 e. The zero-order valence-corrected chi connectivity index (χ0v) is 6.07. The second-order valence-electron chi connectivity index (χ2n) is 2.61. The lowest BCUT2D eigenvalue weighted by molar-refractivity contribution is 0.571. The van der Waals surface area contributed by atoms with E-state index in [-0.39, 0.29) is 0 Å². The number of hydrogen-bond donors (Lipinski definition) is 1. The molecule has 0 atom stereocenters. The molecule has 0 amide bonds.